The van der Waals surface area contributed by atoms with Gasteiger partial charge in [0.2, 0.25) is 0 Å². The molecule has 12 rings (SSSR count). The summed E-state index contributed by atoms with van der Waals surface area (Å²) in [6.07, 6.45) is 0.371. The molecule has 0 radical (unpaired) electrons. The zero-order valence-corrected chi connectivity index (χ0v) is 45.3. The maximum absolute atomic E-state index is 9.45. The number of nitrogens with zero attached hydrogens (tertiary/aromatic N) is 4. The molecular weight excluding hydrogens is 913 g/mol. The van der Waals surface area contributed by atoms with E-state index < -0.39 is 6.37 Å². The van der Waals surface area contributed by atoms with Crippen molar-refractivity contribution in [2.45, 2.75) is 105 Å². The molecule has 0 fully saturated rings. The number of pyridine rings is 1. The number of hydrogen-bond acceptors (Lipinski definition) is 3. The minimum absolute atomic E-state index is 0.0360. The molecule has 0 N–H and O–H groups in total. The van der Waals surface area contributed by atoms with Crippen LogP contribution in [0, 0.1) is 5.92 Å². The largest absolute Gasteiger partial charge is 0.457 e. The van der Waals surface area contributed by atoms with Crippen molar-refractivity contribution in [2.24, 2.45) is 5.92 Å². The highest BCUT2D eigenvalue weighted by Crippen LogP contribution is 2.46. The summed E-state index contributed by atoms with van der Waals surface area (Å²) in [5, 5.41) is 9.28. The number of benzene rings is 8. The number of fused-ring (bicyclic) bond motifs is 10. The van der Waals surface area contributed by atoms with Crippen LogP contribution in [0.5, 0.6) is 11.5 Å². The third-order valence-electron chi connectivity index (χ3n) is 15.3. The minimum Gasteiger partial charge on any atom is -0.457 e. The van der Waals surface area contributed by atoms with E-state index in [2.05, 4.69) is 246 Å². The van der Waals surface area contributed by atoms with Gasteiger partial charge >= 0.3 is 0 Å². The Labute approximate surface area is 445 Å². The summed E-state index contributed by atoms with van der Waals surface area (Å²) < 4.78 is 30.6. The van der Waals surface area contributed by atoms with E-state index in [-0.39, 0.29) is 22.2 Å². The van der Waals surface area contributed by atoms with Crippen LogP contribution in [0.1, 0.15) is 101 Å². The Morgan fingerprint density at radius 3 is 1.87 bits per heavy atom. The van der Waals surface area contributed by atoms with Gasteiger partial charge in [0, 0.05) is 53.9 Å². The lowest BCUT2D eigenvalue weighted by Crippen LogP contribution is -2.15. The minimum atomic E-state index is -1.55. The number of anilines is 2. The van der Waals surface area contributed by atoms with Crippen LogP contribution >= 0.6 is 0 Å². The van der Waals surface area contributed by atoms with Crippen molar-refractivity contribution < 1.29 is 7.48 Å². The summed E-state index contributed by atoms with van der Waals surface area (Å²) in [6, 6.07) is 63.7. The molecule has 0 aliphatic carbocycles. The molecule has 8 aromatic carbocycles. The Hall–Kier alpha value is -7.89. The molecule has 0 bridgehead atoms. The lowest BCUT2D eigenvalue weighted by Gasteiger charge is -2.23. The summed E-state index contributed by atoms with van der Waals surface area (Å²) in [6.45, 7) is 24.7. The van der Waals surface area contributed by atoms with Crippen LogP contribution in [-0.4, -0.2) is 14.1 Å². The predicted molar refractivity (Wildman–Crippen MR) is 319 cm³/mol. The van der Waals surface area contributed by atoms with Gasteiger partial charge < -0.3 is 14.2 Å². The molecule has 0 spiro atoms. The lowest BCUT2D eigenvalue weighted by atomic mass is 9.83. The fraction of sp³-hybridized carbons (Fsp3) is 0.243. The Morgan fingerprint density at radius 1 is 0.507 bits per heavy atom. The Morgan fingerprint density at radius 2 is 1.12 bits per heavy atom. The molecule has 5 heteroatoms. The molecule has 374 valence electrons. The van der Waals surface area contributed by atoms with E-state index in [9.17, 15) is 2.74 Å². The standard InChI is InChI=1S/C70H68N4O/c1-44(2)35-45-36-46(38-49(37-45)70(9,10)11)53-24-17-25-59-54-21-12-13-22-55(54)61-39-47(68(3,4)5)29-31-56(61)60-26-18-28-63-67(60)73(66(53)59)43-72(63)50-19-16-20-51(41-50)75-52-30-32-58-57-23-14-15-27-62(57)74(64(58)42-52)65-40-48(33-34-71-65)69(6,7)8/h12-34,36-42,44H,35,43H2,1-11H3/i35D2. The summed E-state index contributed by atoms with van der Waals surface area (Å²) in [5.41, 5.74) is 12.5. The lowest BCUT2D eigenvalue weighted by molar-refractivity contribution is 0.483. The number of rotatable bonds is 7. The van der Waals surface area contributed by atoms with E-state index in [1.165, 1.54) is 32.7 Å². The first-order chi connectivity index (χ1) is 36.6. The molecular formula is C70H68N4O. The first kappa shape index (κ1) is 45.7. The highest BCUT2D eigenvalue weighted by Gasteiger charge is 2.27. The molecule has 11 aromatic rings. The second-order valence-electron chi connectivity index (χ2n) is 24.1. The molecule has 4 heterocycles. The molecule has 1 aliphatic heterocycles. The summed E-state index contributed by atoms with van der Waals surface area (Å²) >= 11 is 0. The Bertz CT molecular complexity index is 4250. The van der Waals surface area contributed by atoms with E-state index in [0.29, 0.717) is 12.2 Å². The number of ether oxygens (including phenoxy) is 1. The second-order valence-corrected chi connectivity index (χ2v) is 24.1. The fourth-order valence-corrected chi connectivity index (χ4v) is 11.4. The maximum Gasteiger partial charge on any atom is 0.137 e. The van der Waals surface area contributed by atoms with Crippen molar-refractivity contribution in [1.29, 1.82) is 0 Å². The van der Waals surface area contributed by atoms with Crippen molar-refractivity contribution >= 4 is 76.5 Å². The van der Waals surface area contributed by atoms with Crippen molar-refractivity contribution in [3.63, 3.8) is 0 Å². The first-order valence-electron chi connectivity index (χ1n) is 27.7. The number of para-hydroxylation sites is 3. The summed E-state index contributed by atoms with van der Waals surface area (Å²) in [7, 11) is 0. The summed E-state index contributed by atoms with van der Waals surface area (Å²) in [4.78, 5) is 7.35. The van der Waals surface area contributed by atoms with E-state index in [0.717, 1.165) is 89.0 Å². The van der Waals surface area contributed by atoms with Crippen LogP contribution < -0.4 is 9.64 Å². The normalized spacial score (nSPS) is 13.7. The van der Waals surface area contributed by atoms with Crippen molar-refractivity contribution in [2.75, 3.05) is 4.90 Å². The van der Waals surface area contributed by atoms with Crippen LogP contribution in [0.3, 0.4) is 0 Å². The summed E-state index contributed by atoms with van der Waals surface area (Å²) in [5.74, 6) is 2.12. The van der Waals surface area contributed by atoms with Gasteiger partial charge in [0.25, 0.3) is 0 Å². The Kier molecular flexibility index (Phi) is 10.9. The highest BCUT2D eigenvalue weighted by molar-refractivity contribution is 6.22. The van der Waals surface area contributed by atoms with E-state index in [1.807, 2.05) is 26.1 Å². The van der Waals surface area contributed by atoms with Gasteiger partial charge in [-0.25, -0.2) is 4.98 Å². The third kappa shape index (κ3) is 8.57. The molecule has 3 aromatic heterocycles. The molecule has 0 saturated carbocycles. The molecule has 0 atom stereocenters. The zero-order chi connectivity index (χ0) is 53.9. The van der Waals surface area contributed by atoms with E-state index in [4.69, 9.17) is 9.72 Å². The van der Waals surface area contributed by atoms with Gasteiger partial charge in [-0.1, -0.05) is 185 Å². The van der Waals surface area contributed by atoms with Gasteiger partial charge in [-0.05, 0) is 132 Å². The van der Waals surface area contributed by atoms with Gasteiger partial charge in [0.05, 0.1) is 27.8 Å². The molecule has 1 aliphatic rings. The first-order valence-corrected chi connectivity index (χ1v) is 26.7. The van der Waals surface area contributed by atoms with Crippen LogP contribution in [0.15, 0.2) is 182 Å². The van der Waals surface area contributed by atoms with Crippen molar-refractivity contribution in [3.8, 4) is 28.4 Å². The van der Waals surface area contributed by atoms with Crippen molar-refractivity contribution in [3.05, 3.63) is 204 Å². The van der Waals surface area contributed by atoms with E-state index >= 15 is 0 Å². The number of hydrogen-bond donors (Lipinski definition) is 0. The molecule has 0 amide bonds. The average molecular weight is 983 g/mol. The zero-order valence-electron chi connectivity index (χ0n) is 47.3. The fourth-order valence-electron chi connectivity index (χ4n) is 11.4. The van der Waals surface area contributed by atoms with Crippen LogP contribution in [0.25, 0.3) is 82.1 Å². The predicted octanol–water partition coefficient (Wildman–Crippen LogP) is 19.4. The van der Waals surface area contributed by atoms with Crippen LogP contribution in [0.2, 0.25) is 0 Å². The SMILES string of the molecule is [2H]C([2H])(c1cc(-c2cccc3c4ccccc4c4cc(C(C)(C)C)ccc4c4cccc5c4n(c23)CN5c2cccc(Oc3ccc4c5ccccc5n(-c5cc(C(C)(C)C)ccn5)c4c3)c2)cc(C(C)(C)C)c1)C(C)C. The molecule has 75 heavy (non-hydrogen) atoms. The topological polar surface area (TPSA) is 35.2 Å². The van der Waals surface area contributed by atoms with Gasteiger partial charge in [-0.2, -0.15) is 0 Å². The van der Waals surface area contributed by atoms with Crippen LogP contribution in [-0.2, 0) is 29.3 Å². The number of aromatic nitrogens is 3. The van der Waals surface area contributed by atoms with Gasteiger partial charge in [-0.15, -0.1) is 0 Å². The molecule has 0 saturated heterocycles. The quantitative estimate of drug-likeness (QED) is 0.160. The van der Waals surface area contributed by atoms with Gasteiger partial charge in [-0.3, -0.25) is 4.57 Å². The van der Waals surface area contributed by atoms with Gasteiger partial charge in [0.1, 0.15) is 24.0 Å². The van der Waals surface area contributed by atoms with Crippen LogP contribution in [0.4, 0.5) is 11.4 Å². The average Bonchev–Trinajstić information content (AvgIpc) is 4.05. The smallest absolute Gasteiger partial charge is 0.137 e. The molecule has 5 nitrogen and oxygen atoms in total. The van der Waals surface area contributed by atoms with E-state index in [1.54, 1.807) is 0 Å². The van der Waals surface area contributed by atoms with Crippen molar-refractivity contribution in [1.82, 2.24) is 14.1 Å². The molecule has 0 unspecified atom stereocenters. The van der Waals surface area contributed by atoms with Gasteiger partial charge in [0.15, 0.2) is 0 Å². The Balaban J connectivity index is 1.08. The third-order valence-corrected chi connectivity index (χ3v) is 15.3. The monoisotopic (exact) mass is 983 g/mol. The second kappa shape index (κ2) is 17.9. The maximum atomic E-state index is 9.45. The highest BCUT2D eigenvalue weighted by atomic mass is 16.5.